The maximum atomic E-state index is 13.7. The van der Waals surface area contributed by atoms with E-state index in [9.17, 15) is 9.59 Å². The Hall–Kier alpha value is -3.87. The number of carbonyl (C=O) groups excluding carboxylic acids is 1. The van der Waals surface area contributed by atoms with Crippen molar-refractivity contribution in [2.45, 2.75) is 19.4 Å². The third-order valence-electron chi connectivity index (χ3n) is 5.77. The molecule has 7 heteroatoms. The van der Waals surface area contributed by atoms with E-state index in [1.807, 2.05) is 43.3 Å². The van der Waals surface area contributed by atoms with Gasteiger partial charge in [0.15, 0.2) is 11.5 Å². The van der Waals surface area contributed by atoms with E-state index >= 15 is 0 Å². The Kier molecular flexibility index (Phi) is 4.39. The lowest BCUT2D eigenvalue weighted by atomic mass is 10.0. The van der Waals surface area contributed by atoms with Gasteiger partial charge in [-0.1, -0.05) is 31.2 Å². The van der Waals surface area contributed by atoms with E-state index in [1.165, 1.54) is 14.2 Å². The molecule has 31 heavy (non-hydrogen) atoms. The second-order valence-corrected chi connectivity index (χ2v) is 7.49. The summed E-state index contributed by atoms with van der Waals surface area (Å²) in [4.78, 5) is 31.6. The van der Waals surface area contributed by atoms with Crippen LogP contribution in [0.25, 0.3) is 27.4 Å². The minimum absolute atomic E-state index is 0.225. The number of hydrogen-bond donors (Lipinski definition) is 1. The molecular formula is C24H21N3O4. The molecule has 3 aromatic carbocycles. The summed E-state index contributed by atoms with van der Waals surface area (Å²) in [6.45, 7) is 1.95. The lowest BCUT2D eigenvalue weighted by molar-refractivity contribution is 0.0937. The summed E-state index contributed by atoms with van der Waals surface area (Å²) in [5.41, 5.74) is 1.20. The molecule has 1 amide bonds. The van der Waals surface area contributed by atoms with Crippen LogP contribution < -0.4 is 20.3 Å². The van der Waals surface area contributed by atoms with Crippen molar-refractivity contribution in [3.05, 3.63) is 70.3 Å². The van der Waals surface area contributed by atoms with Gasteiger partial charge in [-0.2, -0.15) is 0 Å². The zero-order chi connectivity index (χ0) is 21.7. The first-order chi connectivity index (χ1) is 15.0. The van der Waals surface area contributed by atoms with E-state index in [0.29, 0.717) is 45.9 Å². The number of ether oxygens (including phenoxy) is 2. The molecule has 0 aliphatic carbocycles. The number of carbonyl (C=O) groups is 1. The highest BCUT2D eigenvalue weighted by atomic mass is 16.5. The highest BCUT2D eigenvalue weighted by molar-refractivity contribution is 6.03. The van der Waals surface area contributed by atoms with Crippen molar-refractivity contribution < 1.29 is 14.3 Å². The van der Waals surface area contributed by atoms with Crippen molar-refractivity contribution in [1.29, 1.82) is 0 Å². The van der Waals surface area contributed by atoms with Crippen LogP contribution in [0.3, 0.4) is 0 Å². The molecule has 1 aliphatic rings. The number of rotatable bonds is 3. The van der Waals surface area contributed by atoms with Crippen molar-refractivity contribution in [3.63, 3.8) is 0 Å². The van der Waals surface area contributed by atoms with Gasteiger partial charge < -0.3 is 14.8 Å². The summed E-state index contributed by atoms with van der Waals surface area (Å²) in [7, 11) is 3.06. The molecule has 0 saturated heterocycles. The molecule has 0 spiro atoms. The second-order valence-electron chi connectivity index (χ2n) is 7.49. The topological polar surface area (TPSA) is 82.5 Å². The summed E-state index contributed by atoms with van der Waals surface area (Å²) in [5.74, 6) is 1.21. The van der Waals surface area contributed by atoms with Crippen molar-refractivity contribution in [1.82, 2.24) is 14.9 Å². The van der Waals surface area contributed by atoms with E-state index in [4.69, 9.17) is 14.5 Å². The molecule has 5 rings (SSSR count). The largest absolute Gasteiger partial charge is 0.493 e. The van der Waals surface area contributed by atoms with Gasteiger partial charge in [0.25, 0.3) is 11.5 Å². The minimum atomic E-state index is -0.409. The molecule has 1 unspecified atom stereocenters. The maximum absolute atomic E-state index is 13.7. The van der Waals surface area contributed by atoms with E-state index in [0.717, 1.165) is 10.8 Å². The highest BCUT2D eigenvalue weighted by Crippen LogP contribution is 2.33. The molecule has 2 heterocycles. The first kappa shape index (κ1) is 19.1. The SMILES string of the molecule is CCC1NC(=O)c2cc3ccccc3cc2-n2c1nc1cc(OC)c(OC)cc1c2=O. The molecule has 1 aliphatic heterocycles. The van der Waals surface area contributed by atoms with Gasteiger partial charge in [0, 0.05) is 6.07 Å². The Morgan fingerprint density at radius 2 is 1.68 bits per heavy atom. The average Bonchev–Trinajstić information content (AvgIpc) is 2.91. The maximum Gasteiger partial charge on any atom is 0.266 e. The van der Waals surface area contributed by atoms with E-state index in [1.54, 1.807) is 16.7 Å². The van der Waals surface area contributed by atoms with Gasteiger partial charge in [-0.05, 0) is 35.4 Å². The number of nitrogens with one attached hydrogen (secondary N) is 1. The Labute approximate surface area is 178 Å². The number of benzene rings is 3. The molecule has 156 valence electrons. The lowest BCUT2D eigenvalue weighted by Crippen LogP contribution is -2.30. The Morgan fingerprint density at radius 3 is 2.35 bits per heavy atom. The predicted octanol–water partition coefficient (Wildman–Crippen LogP) is 3.75. The summed E-state index contributed by atoms with van der Waals surface area (Å²) in [6, 6.07) is 14.4. The van der Waals surface area contributed by atoms with Crippen LogP contribution in [0.5, 0.6) is 11.5 Å². The van der Waals surface area contributed by atoms with Crippen LogP contribution in [-0.4, -0.2) is 29.7 Å². The van der Waals surface area contributed by atoms with Crippen LogP contribution in [0, 0.1) is 0 Å². The number of nitrogens with zero attached hydrogens (tertiary/aromatic N) is 2. The normalized spacial score (nSPS) is 15.2. The van der Waals surface area contributed by atoms with Gasteiger partial charge >= 0.3 is 0 Å². The number of aromatic nitrogens is 2. The van der Waals surface area contributed by atoms with E-state index < -0.39 is 6.04 Å². The molecule has 0 bridgehead atoms. The first-order valence-electron chi connectivity index (χ1n) is 10.1. The van der Waals surface area contributed by atoms with E-state index in [-0.39, 0.29) is 11.5 Å². The van der Waals surface area contributed by atoms with Crippen molar-refractivity contribution >= 4 is 27.6 Å². The molecule has 4 aromatic rings. The minimum Gasteiger partial charge on any atom is -0.493 e. The van der Waals surface area contributed by atoms with Crippen molar-refractivity contribution in [2.75, 3.05) is 14.2 Å². The van der Waals surface area contributed by atoms with Crippen LogP contribution in [0.2, 0.25) is 0 Å². The van der Waals surface area contributed by atoms with Gasteiger partial charge in [0.05, 0.1) is 42.4 Å². The Balaban J connectivity index is 1.92. The van der Waals surface area contributed by atoms with Crippen LogP contribution in [0.15, 0.2) is 53.3 Å². The Morgan fingerprint density at radius 1 is 1.00 bits per heavy atom. The van der Waals surface area contributed by atoms with Crippen molar-refractivity contribution in [2.24, 2.45) is 0 Å². The zero-order valence-electron chi connectivity index (χ0n) is 17.4. The van der Waals surface area contributed by atoms with Crippen molar-refractivity contribution in [3.8, 4) is 17.2 Å². The average molecular weight is 415 g/mol. The number of hydrogen-bond acceptors (Lipinski definition) is 5. The third kappa shape index (κ3) is 2.84. The monoisotopic (exact) mass is 415 g/mol. The summed E-state index contributed by atoms with van der Waals surface area (Å²) < 4.78 is 12.3. The number of amides is 1. The molecule has 0 saturated carbocycles. The van der Waals surface area contributed by atoms with E-state index in [2.05, 4.69) is 5.32 Å². The lowest BCUT2D eigenvalue weighted by Gasteiger charge is -2.18. The molecule has 0 fully saturated rings. The van der Waals surface area contributed by atoms with Crippen LogP contribution >= 0.6 is 0 Å². The molecule has 0 radical (unpaired) electrons. The third-order valence-corrected chi connectivity index (χ3v) is 5.77. The molecular weight excluding hydrogens is 394 g/mol. The van der Waals surface area contributed by atoms with Gasteiger partial charge in [-0.25, -0.2) is 4.98 Å². The predicted molar refractivity (Wildman–Crippen MR) is 118 cm³/mol. The smallest absolute Gasteiger partial charge is 0.266 e. The fourth-order valence-electron chi connectivity index (χ4n) is 4.18. The van der Waals surface area contributed by atoms with Gasteiger partial charge in [0.1, 0.15) is 5.82 Å². The standard InChI is InChI=1S/C24H21N3O4/c1-4-17-22-25-18-12-21(31-3)20(30-2)11-15(18)24(29)27(22)19-10-14-8-6-5-7-13(14)9-16(19)23(28)26-17/h5-12,17H,4H2,1-3H3,(H,26,28). The highest BCUT2D eigenvalue weighted by Gasteiger charge is 2.29. The summed E-state index contributed by atoms with van der Waals surface area (Å²) >= 11 is 0. The quantitative estimate of drug-likeness (QED) is 0.551. The second kappa shape index (κ2) is 7.12. The summed E-state index contributed by atoms with van der Waals surface area (Å²) in [5, 5.41) is 5.30. The van der Waals surface area contributed by atoms with Crippen LogP contribution in [0.1, 0.15) is 35.6 Å². The first-order valence-corrected chi connectivity index (χ1v) is 10.1. The molecule has 1 atom stereocenters. The van der Waals surface area contributed by atoms with Gasteiger partial charge in [0.2, 0.25) is 0 Å². The molecule has 7 nitrogen and oxygen atoms in total. The molecule has 1 N–H and O–H groups in total. The number of fused-ring (bicyclic) bond motifs is 5. The van der Waals surface area contributed by atoms with Crippen LogP contribution in [0.4, 0.5) is 0 Å². The number of methoxy groups -OCH3 is 2. The fraction of sp³-hybridized carbons (Fsp3) is 0.208. The summed E-state index contributed by atoms with van der Waals surface area (Å²) in [6.07, 6.45) is 0.588. The Bertz CT molecular complexity index is 1420. The van der Waals surface area contributed by atoms with Crippen LogP contribution in [-0.2, 0) is 0 Å². The molecule has 1 aromatic heterocycles. The van der Waals surface area contributed by atoms with Gasteiger partial charge in [-0.15, -0.1) is 0 Å². The zero-order valence-corrected chi connectivity index (χ0v) is 17.4. The van der Waals surface area contributed by atoms with Gasteiger partial charge in [-0.3, -0.25) is 14.2 Å². The fourth-order valence-corrected chi connectivity index (χ4v) is 4.18.